The number of nitrogens with zero attached hydrogens (tertiary/aromatic N) is 1. The van der Waals surface area contributed by atoms with E-state index < -0.39 is 0 Å². The van der Waals surface area contributed by atoms with E-state index in [4.69, 9.17) is 0 Å². The fourth-order valence-electron chi connectivity index (χ4n) is 4.00. The molecule has 0 saturated heterocycles. The lowest BCUT2D eigenvalue weighted by Crippen LogP contribution is -2.29. The van der Waals surface area contributed by atoms with E-state index in [2.05, 4.69) is 42.6 Å². The van der Waals surface area contributed by atoms with E-state index >= 15 is 0 Å². The Morgan fingerprint density at radius 2 is 2.00 bits per heavy atom. The summed E-state index contributed by atoms with van der Waals surface area (Å²) in [5, 5.41) is 14.5. The lowest BCUT2D eigenvalue weighted by molar-refractivity contribution is -0.384. The van der Waals surface area contributed by atoms with E-state index in [0.29, 0.717) is 11.8 Å². The van der Waals surface area contributed by atoms with Crippen molar-refractivity contribution in [1.82, 2.24) is 0 Å². The third-order valence-electron chi connectivity index (χ3n) is 5.30. The molecule has 1 aliphatic carbocycles. The van der Waals surface area contributed by atoms with Gasteiger partial charge in [-0.2, -0.15) is 0 Å². The van der Waals surface area contributed by atoms with Gasteiger partial charge in [0.2, 0.25) is 0 Å². The van der Waals surface area contributed by atoms with Crippen molar-refractivity contribution in [2.45, 2.75) is 31.7 Å². The van der Waals surface area contributed by atoms with Gasteiger partial charge in [-0.3, -0.25) is 10.1 Å². The van der Waals surface area contributed by atoms with Crippen LogP contribution in [0.5, 0.6) is 0 Å². The number of allylic oxidation sites excluding steroid dienone is 2. The summed E-state index contributed by atoms with van der Waals surface area (Å²) < 4.78 is 0. The Morgan fingerprint density at radius 1 is 1.21 bits per heavy atom. The Balaban J connectivity index is 1.71. The molecular formula is C20H20N2O2. The number of hydrogen-bond donors (Lipinski definition) is 1. The zero-order valence-electron chi connectivity index (χ0n) is 13.6. The van der Waals surface area contributed by atoms with E-state index in [1.807, 2.05) is 12.1 Å². The number of nitrogens with one attached hydrogen (secondary N) is 1. The summed E-state index contributed by atoms with van der Waals surface area (Å²) in [6.45, 7) is 2.18. The Morgan fingerprint density at radius 3 is 2.71 bits per heavy atom. The topological polar surface area (TPSA) is 55.2 Å². The van der Waals surface area contributed by atoms with Crippen molar-refractivity contribution in [2.75, 3.05) is 5.32 Å². The zero-order chi connectivity index (χ0) is 16.7. The summed E-state index contributed by atoms with van der Waals surface area (Å²) in [6, 6.07) is 13.8. The highest BCUT2D eigenvalue weighted by Crippen LogP contribution is 2.50. The van der Waals surface area contributed by atoms with Crippen LogP contribution in [-0.2, 0) is 6.42 Å². The monoisotopic (exact) mass is 320 g/mol. The first-order valence-corrected chi connectivity index (χ1v) is 8.47. The van der Waals surface area contributed by atoms with Gasteiger partial charge in [0.25, 0.3) is 5.69 Å². The Labute approximate surface area is 141 Å². The summed E-state index contributed by atoms with van der Waals surface area (Å²) >= 11 is 0. The quantitative estimate of drug-likeness (QED) is 0.493. The van der Waals surface area contributed by atoms with Gasteiger partial charge in [0.15, 0.2) is 0 Å². The van der Waals surface area contributed by atoms with Gasteiger partial charge in [0.05, 0.1) is 11.0 Å². The molecule has 0 spiro atoms. The second-order valence-corrected chi connectivity index (χ2v) is 6.60. The van der Waals surface area contributed by atoms with E-state index in [9.17, 15) is 10.1 Å². The van der Waals surface area contributed by atoms with Crippen LogP contribution in [0.2, 0.25) is 0 Å². The highest BCUT2D eigenvalue weighted by molar-refractivity contribution is 5.61. The van der Waals surface area contributed by atoms with E-state index in [1.54, 1.807) is 12.1 Å². The smallest absolute Gasteiger partial charge is 0.269 e. The van der Waals surface area contributed by atoms with Gasteiger partial charge in [0, 0.05) is 23.7 Å². The molecule has 2 aromatic carbocycles. The lowest BCUT2D eigenvalue weighted by Gasteiger charge is -2.37. The number of hydrogen-bond acceptors (Lipinski definition) is 3. The van der Waals surface area contributed by atoms with Crippen LogP contribution in [0.25, 0.3) is 0 Å². The molecule has 4 rings (SSSR count). The summed E-state index contributed by atoms with van der Waals surface area (Å²) in [4.78, 5) is 10.5. The highest BCUT2D eigenvalue weighted by atomic mass is 16.6. The average molecular weight is 320 g/mol. The number of aryl methyl sites for hydroxylation is 1. The van der Waals surface area contributed by atoms with Gasteiger partial charge in [-0.25, -0.2) is 0 Å². The lowest BCUT2D eigenvalue weighted by atomic mass is 9.76. The molecule has 0 saturated carbocycles. The maximum Gasteiger partial charge on any atom is 0.269 e. The van der Waals surface area contributed by atoms with Crippen molar-refractivity contribution in [3.63, 3.8) is 0 Å². The second-order valence-electron chi connectivity index (χ2n) is 6.60. The minimum Gasteiger partial charge on any atom is -0.378 e. The number of benzene rings is 2. The van der Waals surface area contributed by atoms with Gasteiger partial charge in [-0.15, -0.1) is 0 Å². The van der Waals surface area contributed by atoms with Crippen LogP contribution in [0.3, 0.4) is 0 Å². The molecule has 2 aliphatic rings. The molecule has 1 heterocycles. The summed E-state index contributed by atoms with van der Waals surface area (Å²) in [5.41, 5.74) is 5.19. The minimum atomic E-state index is -0.348. The molecule has 3 atom stereocenters. The molecule has 1 aliphatic heterocycles. The summed E-state index contributed by atoms with van der Waals surface area (Å²) in [7, 11) is 0. The van der Waals surface area contributed by atoms with Gasteiger partial charge in [0.1, 0.15) is 0 Å². The van der Waals surface area contributed by atoms with E-state index in [-0.39, 0.29) is 16.7 Å². The molecular weight excluding hydrogens is 300 g/mol. The molecule has 4 nitrogen and oxygen atoms in total. The van der Waals surface area contributed by atoms with Crippen LogP contribution >= 0.6 is 0 Å². The minimum absolute atomic E-state index is 0.142. The first kappa shape index (κ1) is 14.9. The normalized spacial score (nSPS) is 24.1. The van der Waals surface area contributed by atoms with Gasteiger partial charge < -0.3 is 5.32 Å². The van der Waals surface area contributed by atoms with Crippen molar-refractivity contribution in [3.05, 3.63) is 81.4 Å². The molecule has 122 valence electrons. The maximum atomic E-state index is 10.9. The third-order valence-corrected chi connectivity index (χ3v) is 5.30. The third kappa shape index (κ3) is 2.39. The Kier molecular flexibility index (Phi) is 3.60. The van der Waals surface area contributed by atoms with Crippen LogP contribution in [0, 0.1) is 16.0 Å². The molecule has 1 N–H and O–H groups in total. The molecule has 0 radical (unpaired) electrons. The van der Waals surface area contributed by atoms with Crippen LogP contribution in [0.15, 0.2) is 54.6 Å². The highest BCUT2D eigenvalue weighted by Gasteiger charge is 2.37. The van der Waals surface area contributed by atoms with Crippen molar-refractivity contribution in [1.29, 1.82) is 0 Å². The summed E-state index contributed by atoms with van der Waals surface area (Å²) in [5.74, 6) is 0.888. The fraction of sp³-hybridized carbons (Fsp3) is 0.300. The average Bonchev–Trinajstić information content (AvgIpc) is 3.10. The molecule has 0 amide bonds. The molecule has 0 bridgehead atoms. The molecule has 2 aromatic rings. The number of rotatable bonds is 3. The predicted octanol–water partition coefficient (Wildman–Crippen LogP) is 4.98. The van der Waals surface area contributed by atoms with Gasteiger partial charge >= 0.3 is 0 Å². The Hall–Kier alpha value is -2.62. The second kappa shape index (κ2) is 5.78. The Bertz CT molecular complexity index is 811. The molecule has 0 unspecified atom stereocenters. The number of anilines is 1. The SMILES string of the molecule is CCc1ccc2c(c1)[C@H]1C=CC[C@@H]1[C@@H](c1ccc([N+](=O)[O-])cc1)N2. The van der Waals surface area contributed by atoms with Crippen molar-refractivity contribution in [2.24, 2.45) is 5.92 Å². The van der Waals surface area contributed by atoms with Crippen molar-refractivity contribution in [3.8, 4) is 0 Å². The van der Waals surface area contributed by atoms with Gasteiger partial charge in [-0.1, -0.05) is 43.3 Å². The number of fused-ring (bicyclic) bond motifs is 3. The fourth-order valence-corrected chi connectivity index (χ4v) is 4.00. The van der Waals surface area contributed by atoms with Crippen LogP contribution in [0.1, 0.15) is 42.0 Å². The number of nitro benzene ring substituents is 1. The standard InChI is InChI=1S/C20H20N2O2/c1-2-13-6-11-19-18(12-13)16-4-3-5-17(16)20(21-19)14-7-9-15(10-8-14)22(23)24/h3-4,6-12,16-17,20-21H,2,5H2,1H3/t16-,17-,20+/m0/s1. The predicted molar refractivity (Wildman–Crippen MR) is 95.3 cm³/mol. The van der Waals surface area contributed by atoms with Crippen molar-refractivity contribution < 1.29 is 4.92 Å². The van der Waals surface area contributed by atoms with Crippen LogP contribution in [-0.4, -0.2) is 4.92 Å². The molecule has 0 aromatic heterocycles. The first-order chi connectivity index (χ1) is 11.7. The summed E-state index contributed by atoms with van der Waals surface area (Å²) in [6.07, 6.45) is 6.67. The molecule has 24 heavy (non-hydrogen) atoms. The van der Waals surface area contributed by atoms with E-state index in [0.717, 1.165) is 18.4 Å². The van der Waals surface area contributed by atoms with Crippen LogP contribution in [0.4, 0.5) is 11.4 Å². The maximum absolute atomic E-state index is 10.9. The van der Waals surface area contributed by atoms with Crippen LogP contribution < -0.4 is 5.32 Å². The number of nitro groups is 1. The zero-order valence-corrected chi connectivity index (χ0v) is 13.6. The van der Waals surface area contributed by atoms with Crippen molar-refractivity contribution >= 4 is 11.4 Å². The largest absolute Gasteiger partial charge is 0.378 e. The number of non-ortho nitro benzene ring substituents is 1. The molecule has 0 fully saturated rings. The van der Waals surface area contributed by atoms with E-state index in [1.165, 1.54) is 16.8 Å². The first-order valence-electron chi connectivity index (χ1n) is 8.47. The molecule has 4 heteroatoms. The van der Waals surface area contributed by atoms with Gasteiger partial charge in [-0.05, 0) is 41.5 Å².